The summed E-state index contributed by atoms with van der Waals surface area (Å²) in [5.41, 5.74) is 2.78. The van der Waals surface area contributed by atoms with E-state index < -0.39 is 0 Å². The van der Waals surface area contributed by atoms with Crippen molar-refractivity contribution in [3.05, 3.63) is 71.7 Å². The minimum Gasteiger partial charge on any atom is -0.493 e. The molecule has 1 aliphatic rings. The van der Waals surface area contributed by atoms with Crippen molar-refractivity contribution in [2.24, 2.45) is 0 Å². The highest BCUT2D eigenvalue weighted by Gasteiger charge is 2.26. The first kappa shape index (κ1) is 21.8. The number of nitrogens with zero attached hydrogens (tertiary/aromatic N) is 4. The summed E-state index contributed by atoms with van der Waals surface area (Å²) in [5, 5.41) is 4.21. The monoisotopic (exact) mass is 457 g/mol. The second-order valence-electron chi connectivity index (χ2n) is 8.42. The van der Waals surface area contributed by atoms with Crippen molar-refractivity contribution < 1.29 is 13.9 Å². The highest BCUT2D eigenvalue weighted by atomic mass is 16.5. The van der Waals surface area contributed by atoms with Gasteiger partial charge >= 0.3 is 0 Å². The molecule has 3 heterocycles. The first-order chi connectivity index (χ1) is 16.5. The van der Waals surface area contributed by atoms with Crippen molar-refractivity contribution in [3.8, 4) is 5.75 Å². The average Bonchev–Trinajstić information content (AvgIpc) is 3.29. The van der Waals surface area contributed by atoms with Gasteiger partial charge in [-0.05, 0) is 38.1 Å². The van der Waals surface area contributed by atoms with Crippen molar-refractivity contribution >= 4 is 34.2 Å². The van der Waals surface area contributed by atoms with Gasteiger partial charge in [0, 0.05) is 43.3 Å². The molecule has 0 spiro atoms. The van der Waals surface area contributed by atoms with Crippen LogP contribution in [0.3, 0.4) is 0 Å². The third-order valence-corrected chi connectivity index (χ3v) is 5.98. The molecule has 4 aromatic rings. The number of furan rings is 1. The summed E-state index contributed by atoms with van der Waals surface area (Å²) in [4.78, 5) is 26.2. The summed E-state index contributed by atoms with van der Waals surface area (Å²) in [6, 6.07) is 17.5. The summed E-state index contributed by atoms with van der Waals surface area (Å²) in [7, 11) is 1.59. The van der Waals surface area contributed by atoms with Gasteiger partial charge in [-0.15, -0.1) is 0 Å². The molecule has 8 nitrogen and oxygen atoms in total. The molecule has 1 N–H and O–H groups in total. The van der Waals surface area contributed by atoms with E-state index in [0.717, 1.165) is 22.7 Å². The molecule has 5 rings (SSSR count). The maximum Gasteiger partial charge on any atom is 0.289 e. The first-order valence-corrected chi connectivity index (χ1v) is 11.3. The van der Waals surface area contributed by atoms with Crippen molar-refractivity contribution in [1.82, 2.24) is 14.9 Å². The Bertz CT molecular complexity index is 1320. The largest absolute Gasteiger partial charge is 0.493 e. The second kappa shape index (κ2) is 9.05. The molecule has 174 valence electrons. The molecule has 0 bridgehead atoms. The Balaban J connectivity index is 1.27. The molecule has 0 unspecified atom stereocenters. The lowest BCUT2D eigenvalue weighted by Crippen LogP contribution is -2.49. The van der Waals surface area contributed by atoms with Crippen LogP contribution in [0.15, 0.2) is 59.0 Å². The lowest BCUT2D eigenvalue weighted by molar-refractivity contribution is 0.0716. The first-order valence-electron chi connectivity index (χ1n) is 11.3. The predicted molar refractivity (Wildman–Crippen MR) is 132 cm³/mol. The molecule has 0 atom stereocenters. The molecular weight excluding hydrogens is 430 g/mol. The highest BCUT2D eigenvalue weighted by molar-refractivity contribution is 5.97. The van der Waals surface area contributed by atoms with Crippen molar-refractivity contribution in [3.63, 3.8) is 0 Å². The molecule has 2 aromatic heterocycles. The number of amides is 1. The number of fused-ring (bicyclic) bond motifs is 1. The summed E-state index contributed by atoms with van der Waals surface area (Å²) in [6.07, 6.45) is 0. The van der Waals surface area contributed by atoms with E-state index in [4.69, 9.17) is 9.15 Å². The van der Waals surface area contributed by atoms with Crippen LogP contribution in [0.25, 0.3) is 11.0 Å². The Morgan fingerprint density at radius 1 is 1.00 bits per heavy atom. The number of nitrogens with one attached hydrogen (secondary N) is 1. The van der Waals surface area contributed by atoms with Gasteiger partial charge < -0.3 is 24.3 Å². The Morgan fingerprint density at radius 2 is 1.76 bits per heavy atom. The molecule has 1 fully saturated rings. The zero-order valence-corrected chi connectivity index (χ0v) is 19.5. The number of benzene rings is 2. The maximum atomic E-state index is 13.1. The lowest BCUT2D eigenvalue weighted by atomic mass is 10.2. The molecule has 0 radical (unpaired) electrons. The van der Waals surface area contributed by atoms with Gasteiger partial charge in [0.15, 0.2) is 17.1 Å². The van der Waals surface area contributed by atoms with Crippen LogP contribution in [-0.4, -0.2) is 54.1 Å². The van der Waals surface area contributed by atoms with Gasteiger partial charge in [0.2, 0.25) is 0 Å². The Morgan fingerprint density at radius 3 is 2.50 bits per heavy atom. The quantitative estimate of drug-likeness (QED) is 0.471. The molecule has 0 saturated carbocycles. The number of ether oxygens (including phenoxy) is 1. The number of methoxy groups -OCH3 is 1. The zero-order chi connectivity index (χ0) is 23.7. The summed E-state index contributed by atoms with van der Waals surface area (Å²) < 4.78 is 11.2. The Labute approximate surface area is 198 Å². The van der Waals surface area contributed by atoms with Crippen LogP contribution in [0.4, 0.5) is 17.3 Å². The lowest BCUT2D eigenvalue weighted by Gasteiger charge is -2.35. The highest BCUT2D eigenvalue weighted by Crippen LogP contribution is 2.29. The van der Waals surface area contributed by atoms with E-state index in [1.54, 1.807) is 13.2 Å². The van der Waals surface area contributed by atoms with Gasteiger partial charge in [0.1, 0.15) is 17.5 Å². The molecule has 2 aromatic carbocycles. The van der Waals surface area contributed by atoms with Gasteiger partial charge in [0.05, 0.1) is 7.11 Å². The van der Waals surface area contributed by atoms with Crippen LogP contribution in [0.1, 0.15) is 21.9 Å². The maximum absolute atomic E-state index is 13.1. The van der Waals surface area contributed by atoms with Crippen molar-refractivity contribution in [1.29, 1.82) is 0 Å². The molecule has 1 amide bonds. The van der Waals surface area contributed by atoms with Crippen LogP contribution in [0.2, 0.25) is 0 Å². The van der Waals surface area contributed by atoms with E-state index in [0.29, 0.717) is 49.1 Å². The fourth-order valence-corrected chi connectivity index (χ4v) is 4.16. The second-order valence-corrected chi connectivity index (χ2v) is 8.42. The Kier molecular flexibility index (Phi) is 5.79. The van der Waals surface area contributed by atoms with Crippen LogP contribution >= 0.6 is 0 Å². The van der Waals surface area contributed by atoms with Gasteiger partial charge in [-0.3, -0.25) is 4.79 Å². The molecule has 34 heavy (non-hydrogen) atoms. The number of piperazine rings is 1. The van der Waals surface area contributed by atoms with Crippen LogP contribution in [0, 0.1) is 13.8 Å². The van der Waals surface area contributed by atoms with Crippen LogP contribution < -0.4 is 15.0 Å². The molecular formula is C26H27N5O3. The molecule has 1 aliphatic heterocycles. The van der Waals surface area contributed by atoms with E-state index in [-0.39, 0.29) is 5.91 Å². The summed E-state index contributed by atoms with van der Waals surface area (Å²) >= 11 is 0. The van der Waals surface area contributed by atoms with E-state index >= 15 is 0 Å². The van der Waals surface area contributed by atoms with E-state index in [2.05, 4.69) is 39.2 Å². The van der Waals surface area contributed by atoms with Crippen molar-refractivity contribution in [2.45, 2.75) is 13.8 Å². The fraction of sp³-hybridized carbons (Fsp3) is 0.269. The SMILES string of the molecule is COc1cccc2cc(C(=O)N3CCN(c4cc(Nc5ccc(C)cc5)nc(C)n4)CC3)oc12. The number of aryl methyl sites for hydroxylation is 2. The fourth-order valence-electron chi connectivity index (χ4n) is 4.16. The third kappa shape index (κ3) is 4.39. The molecule has 0 aliphatic carbocycles. The number of carbonyl (C=O) groups excluding carboxylic acids is 1. The minimum absolute atomic E-state index is 0.113. The molecule has 8 heteroatoms. The number of para-hydroxylation sites is 1. The Hall–Kier alpha value is -4.07. The number of rotatable bonds is 5. The van der Waals surface area contributed by atoms with Gasteiger partial charge in [-0.2, -0.15) is 0 Å². The number of carbonyl (C=O) groups is 1. The standard InChI is InChI=1S/C26H27N5O3/c1-17-7-9-20(10-8-17)29-23-16-24(28-18(2)27-23)30-11-13-31(14-12-30)26(32)22-15-19-5-4-6-21(33-3)25(19)34-22/h4-10,15-16H,11-14H2,1-3H3,(H,27,28,29). The van der Waals surface area contributed by atoms with Gasteiger partial charge in [-0.1, -0.05) is 29.8 Å². The van der Waals surface area contributed by atoms with Crippen LogP contribution in [-0.2, 0) is 0 Å². The van der Waals surface area contributed by atoms with E-state index in [1.807, 2.05) is 48.2 Å². The average molecular weight is 458 g/mol. The minimum atomic E-state index is -0.113. The summed E-state index contributed by atoms with van der Waals surface area (Å²) in [5.74, 6) is 3.13. The normalized spacial score (nSPS) is 13.9. The van der Waals surface area contributed by atoms with Gasteiger partial charge in [0.25, 0.3) is 5.91 Å². The topological polar surface area (TPSA) is 83.7 Å². The number of aromatic nitrogens is 2. The smallest absolute Gasteiger partial charge is 0.289 e. The van der Waals surface area contributed by atoms with Crippen LogP contribution in [0.5, 0.6) is 5.75 Å². The summed E-state index contributed by atoms with van der Waals surface area (Å²) in [6.45, 7) is 6.46. The zero-order valence-electron chi connectivity index (χ0n) is 19.5. The third-order valence-electron chi connectivity index (χ3n) is 5.98. The number of hydrogen-bond acceptors (Lipinski definition) is 7. The number of hydrogen-bond donors (Lipinski definition) is 1. The predicted octanol–water partition coefficient (Wildman–Crippen LogP) is 4.55. The van der Waals surface area contributed by atoms with Crippen molar-refractivity contribution in [2.75, 3.05) is 43.5 Å². The van der Waals surface area contributed by atoms with Gasteiger partial charge in [-0.25, -0.2) is 9.97 Å². The van der Waals surface area contributed by atoms with E-state index in [9.17, 15) is 4.79 Å². The molecule has 1 saturated heterocycles. The number of anilines is 3. The van der Waals surface area contributed by atoms with E-state index in [1.165, 1.54) is 5.56 Å².